The van der Waals surface area contributed by atoms with E-state index in [1.807, 2.05) is 29.5 Å². The van der Waals surface area contributed by atoms with E-state index in [-0.39, 0.29) is 5.43 Å². The maximum atomic E-state index is 13.5. The number of para-hydroxylation sites is 1. The molecule has 3 heterocycles. The Bertz CT molecular complexity index is 2710. The quantitative estimate of drug-likeness (QED) is 0.176. The van der Waals surface area contributed by atoms with Crippen molar-refractivity contribution in [2.45, 2.75) is 12.8 Å². The van der Waals surface area contributed by atoms with Gasteiger partial charge in [-0.25, -0.2) is 0 Å². The second-order valence-corrected chi connectivity index (χ2v) is 13.7. The highest BCUT2D eigenvalue weighted by molar-refractivity contribution is 7.26. The van der Waals surface area contributed by atoms with E-state index in [0.29, 0.717) is 0 Å². The second-order valence-electron chi connectivity index (χ2n) is 11.6. The van der Waals surface area contributed by atoms with Crippen LogP contribution < -0.4 is 5.43 Å². The zero-order valence-corrected chi connectivity index (χ0v) is 24.7. The van der Waals surface area contributed by atoms with Crippen LogP contribution in [0.4, 0.5) is 0 Å². The van der Waals surface area contributed by atoms with Crippen molar-refractivity contribution in [3.8, 4) is 5.69 Å². The molecule has 6 aromatic carbocycles. The van der Waals surface area contributed by atoms with Crippen molar-refractivity contribution in [3.63, 3.8) is 0 Å². The molecular weight excluding hydrogens is 563 g/mol. The lowest BCUT2D eigenvalue weighted by molar-refractivity contribution is 0.979. The van der Waals surface area contributed by atoms with Gasteiger partial charge in [0.2, 0.25) is 0 Å². The summed E-state index contributed by atoms with van der Waals surface area (Å²) >= 11 is 3.62. The van der Waals surface area contributed by atoms with Crippen LogP contribution in [0.25, 0.3) is 67.8 Å². The summed E-state index contributed by atoms with van der Waals surface area (Å²) in [6.45, 7) is 0. The van der Waals surface area contributed by atoms with Crippen molar-refractivity contribution < 1.29 is 0 Å². The third-order valence-electron chi connectivity index (χ3n) is 9.32. The summed E-state index contributed by atoms with van der Waals surface area (Å²) in [6.07, 6.45) is 1.69. The van der Waals surface area contributed by atoms with E-state index in [4.69, 9.17) is 0 Å². The van der Waals surface area contributed by atoms with E-state index in [1.54, 1.807) is 11.3 Å². The lowest BCUT2D eigenvalue weighted by atomic mass is 9.84. The van der Waals surface area contributed by atoms with Gasteiger partial charge in [0.05, 0.1) is 11.0 Å². The highest BCUT2D eigenvalue weighted by Gasteiger charge is 2.24. The highest BCUT2D eigenvalue weighted by Crippen LogP contribution is 2.44. The zero-order chi connectivity index (χ0) is 28.2. The van der Waals surface area contributed by atoms with Crippen molar-refractivity contribution in [2.24, 2.45) is 0 Å². The van der Waals surface area contributed by atoms with Gasteiger partial charge >= 0.3 is 0 Å². The molecule has 0 spiro atoms. The molecule has 0 aliphatic heterocycles. The minimum Gasteiger partial charge on any atom is -0.309 e. The third kappa shape index (κ3) is 3.25. The molecule has 0 bridgehead atoms. The van der Waals surface area contributed by atoms with Crippen LogP contribution in [-0.2, 0) is 12.8 Å². The van der Waals surface area contributed by atoms with Crippen molar-refractivity contribution in [1.82, 2.24) is 4.57 Å². The van der Waals surface area contributed by atoms with Crippen molar-refractivity contribution in [2.75, 3.05) is 0 Å². The van der Waals surface area contributed by atoms with Crippen LogP contribution in [-0.4, -0.2) is 4.57 Å². The largest absolute Gasteiger partial charge is 0.309 e. The Morgan fingerprint density at radius 1 is 0.512 bits per heavy atom. The molecular formula is C39H23NOS2. The lowest BCUT2D eigenvalue weighted by Crippen LogP contribution is -2.12. The van der Waals surface area contributed by atoms with Crippen LogP contribution in [0.5, 0.6) is 0 Å². The number of nitrogens with zero attached hydrogens (tertiary/aromatic N) is 1. The smallest absolute Gasteiger partial charge is 0.195 e. The van der Waals surface area contributed by atoms with Crippen molar-refractivity contribution in [3.05, 3.63) is 148 Å². The molecule has 10 rings (SSSR count). The third-order valence-corrected chi connectivity index (χ3v) is 11.7. The first-order valence-electron chi connectivity index (χ1n) is 14.6. The topological polar surface area (TPSA) is 22.0 Å². The lowest BCUT2D eigenvalue weighted by Gasteiger charge is -2.24. The number of fused-ring (bicyclic) bond motifs is 11. The maximum absolute atomic E-state index is 13.5. The molecule has 0 atom stereocenters. The summed E-state index contributed by atoms with van der Waals surface area (Å²) in [5.41, 5.74) is 9.16. The first kappa shape index (κ1) is 23.8. The van der Waals surface area contributed by atoms with Crippen LogP contribution in [0.15, 0.2) is 120 Å². The van der Waals surface area contributed by atoms with Gasteiger partial charge in [0.15, 0.2) is 5.43 Å². The molecule has 9 aromatic rings. The predicted octanol–water partition coefficient (Wildman–Crippen LogP) is 10.4. The van der Waals surface area contributed by atoms with Crippen LogP contribution >= 0.6 is 22.7 Å². The van der Waals surface area contributed by atoms with E-state index in [0.717, 1.165) is 33.0 Å². The van der Waals surface area contributed by atoms with Gasteiger partial charge in [-0.05, 0) is 77.2 Å². The standard InChI is InChI=1S/C39H23NOS2/c41-38-28-11-3-6-15-35(28)42-36-21-23-18-22-8-7-13-32(29(22)19-24(23)20-30(36)38)40-31-12-4-1-10-27(31)37-33(40)17-16-26-25-9-2-5-14-34(25)43-39(26)37/h1-17,20-21H,18-19H2. The predicted molar refractivity (Wildman–Crippen MR) is 185 cm³/mol. The molecule has 0 saturated heterocycles. The highest BCUT2D eigenvalue weighted by atomic mass is 32.1. The fourth-order valence-corrected chi connectivity index (χ4v) is 9.73. The molecule has 0 unspecified atom stereocenters. The average molecular weight is 586 g/mol. The number of rotatable bonds is 1. The molecule has 4 heteroatoms. The summed E-state index contributed by atoms with van der Waals surface area (Å²) in [6, 6.07) is 41.4. The summed E-state index contributed by atoms with van der Waals surface area (Å²) < 4.78 is 7.30. The first-order chi connectivity index (χ1) is 21.2. The SMILES string of the molecule is O=c1c2ccccc2sc2cc3c(cc12)Cc1c(cccc1-n1c2ccccc2c2c4sc5ccccc5c4ccc21)C3. The van der Waals surface area contributed by atoms with Crippen LogP contribution in [0.1, 0.15) is 22.3 Å². The molecule has 43 heavy (non-hydrogen) atoms. The summed E-state index contributed by atoms with van der Waals surface area (Å²) in [5.74, 6) is 0. The van der Waals surface area contributed by atoms with Gasteiger partial charge < -0.3 is 4.57 Å². The second kappa shape index (κ2) is 8.63. The Kier molecular flexibility index (Phi) is 4.77. The van der Waals surface area contributed by atoms with Gasteiger partial charge in [0, 0.05) is 63.2 Å². The Morgan fingerprint density at radius 3 is 2.14 bits per heavy atom. The van der Waals surface area contributed by atoms with Gasteiger partial charge in [-0.1, -0.05) is 66.7 Å². The fourth-order valence-electron chi connectivity index (χ4n) is 7.35. The molecule has 0 saturated carbocycles. The fraction of sp³-hybridized carbons (Fsp3) is 0.0513. The number of hydrogen-bond acceptors (Lipinski definition) is 3. The minimum atomic E-state index is 0.140. The number of hydrogen-bond donors (Lipinski definition) is 0. The molecule has 0 N–H and O–H groups in total. The van der Waals surface area contributed by atoms with E-state index in [9.17, 15) is 4.79 Å². The van der Waals surface area contributed by atoms with Crippen LogP contribution in [0.2, 0.25) is 0 Å². The van der Waals surface area contributed by atoms with Gasteiger partial charge in [-0.3, -0.25) is 4.79 Å². The summed E-state index contributed by atoms with van der Waals surface area (Å²) in [5, 5.41) is 6.93. The van der Waals surface area contributed by atoms with Gasteiger partial charge in [-0.15, -0.1) is 22.7 Å². The zero-order valence-electron chi connectivity index (χ0n) is 23.1. The van der Waals surface area contributed by atoms with Gasteiger partial charge in [0.25, 0.3) is 0 Å². The van der Waals surface area contributed by atoms with E-state index in [2.05, 4.69) is 102 Å². The van der Waals surface area contributed by atoms with Crippen LogP contribution in [0.3, 0.4) is 0 Å². The van der Waals surface area contributed by atoms with Crippen molar-refractivity contribution >= 4 is 84.8 Å². The molecule has 0 radical (unpaired) electrons. The van der Waals surface area contributed by atoms with Crippen molar-refractivity contribution in [1.29, 1.82) is 0 Å². The monoisotopic (exact) mass is 585 g/mol. The number of thiophene rings is 1. The van der Waals surface area contributed by atoms with E-state index in [1.165, 1.54) is 69.9 Å². The molecule has 0 amide bonds. The van der Waals surface area contributed by atoms with E-state index < -0.39 is 0 Å². The molecule has 0 fully saturated rings. The number of benzene rings is 6. The minimum absolute atomic E-state index is 0.140. The van der Waals surface area contributed by atoms with Gasteiger partial charge in [0.1, 0.15) is 0 Å². The first-order valence-corrected chi connectivity index (χ1v) is 16.3. The average Bonchev–Trinajstić information content (AvgIpc) is 3.59. The summed E-state index contributed by atoms with van der Waals surface area (Å²) in [4.78, 5) is 13.5. The molecule has 2 nitrogen and oxygen atoms in total. The normalized spacial score (nSPS) is 13.0. The Balaban J connectivity index is 1.23. The Labute approximate surface area is 254 Å². The maximum Gasteiger partial charge on any atom is 0.195 e. The molecule has 3 aromatic heterocycles. The van der Waals surface area contributed by atoms with E-state index >= 15 is 0 Å². The number of aromatic nitrogens is 1. The molecule has 202 valence electrons. The molecule has 1 aliphatic rings. The van der Waals surface area contributed by atoms with Crippen LogP contribution in [0, 0.1) is 0 Å². The Hall–Kier alpha value is -4.77. The molecule has 1 aliphatic carbocycles. The summed E-state index contributed by atoms with van der Waals surface area (Å²) in [7, 11) is 0. The Morgan fingerprint density at radius 2 is 1.26 bits per heavy atom. The van der Waals surface area contributed by atoms with Gasteiger partial charge in [-0.2, -0.15) is 0 Å².